The number of carbonyl (C=O) groups is 1. The minimum absolute atomic E-state index is 0.225. The molecule has 0 unspecified atom stereocenters. The van der Waals surface area contributed by atoms with Crippen LogP contribution in [0, 0.1) is 11.6 Å². The number of hydrogen-bond donors (Lipinski definition) is 0. The highest BCUT2D eigenvalue weighted by atomic mass is 19.1. The molecule has 0 aliphatic rings. The second kappa shape index (κ2) is 5.40. The van der Waals surface area contributed by atoms with Crippen molar-refractivity contribution in [3.63, 3.8) is 0 Å². The highest BCUT2D eigenvalue weighted by molar-refractivity contribution is 6.07. The van der Waals surface area contributed by atoms with Gasteiger partial charge >= 0.3 is 0 Å². The molecule has 0 saturated carbocycles. The molecule has 4 heteroatoms. The number of pyridine rings is 1. The molecule has 0 spiro atoms. The number of benzene rings is 2. The summed E-state index contributed by atoms with van der Waals surface area (Å²) in [4.78, 5) is 16.4. The monoisotopic (exact) mass is 283 g/mol. The second-order valence-corrected chi connectivity index (χ2v) is 4.68. The van der Waals surface area contributed by atoms with Crippen molar-refractivity contribution in [1.29, 1.82) is 0 Å². The van der Waals surface area contributed by atoms with Crippen molar-refractivity contribution >= 4 is 16.6 Å². The molecule has 104 valence electrons. The van der Waals surface area contributed by atoms with E-state index in [2.05, 4.69) is 4.98 Å². The number of nitrogens with zero attached hydrogens (tertiary/aromatic N) is 1. The Morgan fingerprint density at radius 2 is 1.67 bits per heavy atom. The van der Waals surface area contributed by atoms with Crippen molar-refractivity contribution in [2.45, 2.75) is 6.42 Å². The van der Waals surface area contributed by atoms with Crippen molar-refractivity contribution < 1.29 is 13.6 Å². The number of ketones is 1. The Hall–Kier alpha value is -2.62. The van der Waals surface area contributed by atoms with Crippen LogP contribution in [-0.2, 0) is 6.42 Å². The van der Waals surface area contributed by atoms with E-state index in [-0.39, 0.29) is 17.7 Å². The van der Waals surface area contributed by atoms with Crippen molar-refractivity contribution in [3.8, 4) is 0 Å². The first kappa shape index (κ1) is 13.4. The first-order chi connectivity index (χ1) is 10.2. The Morgan fingerprint density at radius 1 is 0.952 bits per heavy atom. The summed E-state index contributed by atoms with van der Waals surface area (Å²) in [5, 5.41) is 1.55. The molecular weight excluding hydrogens is 272 g/mol. The summed E-state index contributed by atoms with van der Waals surface area (Å²) in [6, 6.07) is 12.6. The van der Waals surface area contributed by atoms with Crippen LogP contribution in [0.1, 0.15) is 16.1 Å². The first-order valence-corrected chi connectivity index (χ1v) is 6.46. The fourth-order valence-electron chi connectivity index (χ4n) is 2.29. The van der Waals surface area contributed by atoms with E-state index in [4.69, 9.17) is 0 Å². The molecule has 0 aliphatic heterocycles. The number of rotatable bonds is 3. The number of hydrogen-bond acceptors (Lipinski definition) is 2. The lowest BCUT2D eigenvalue weighted by atomic mass is 10.0. The van der Waals surface area contributed by atoms with E-state index in [0.717, 1.165) is 17.5 Å². The molecule has 0 N–H and O–H groups in total. The molecule has 1 aromatic heterocycles. The Kier molecular flexibility index (Phi) is 3.44. The number of halogens is 2. The maximum Gasteiger partial charge on any atom is 0.186 e. The van der Waals surface area contributed by atoms with Gasteiger partial charge in [0.05, 0.1) is 0 Å². The summed E-state index contributed by atoms with van der Waals surface area (Å²) in [5.74, 6) is -1.84. The average Bonchev–Trinajstić information content (AvgIpc) is 2.50. The van der Waals surface area contributed by atoms with E-state index in [0.29, 0.717) is 5.39 Å². The van der Waals surface area contributed by atoms with Crippen LogP contribution in [0.25, 0.3) is 10.8 Å². The lowest BCUT2D eigenvalue weighted by Gasteiger charge is -2.06. The van der Waals surface area contributed by atoms with Gasteiger partial charge in [0.2, 0.25) is 0 Å². The molecule has 0 aliphatic carbocycles. The third-order valence-electron chi connectivity index (χ3n) is 3.34. The molecular formula is C17H11F2NO. The lowest BCUT2D eigenvalue weighted by Crippen LogP contribution is -2.09. The highest BCUT2D eigenvalue weighted by Gasteiger charge is 2.17. The summed E-state index contributed by atoms with van der Waals surface area (Å²) >= 11 is 0. The van der Waals surface area contributed by atoms with Gasteiger partial charge in [-0.1, -0.05) is 30.3 Å². The largest absolute Gasteiger partial charge is 0.292 e. The van der Waals surface area contributed by atoms with Gasteiger partial charge in [-0.05, 0) is 23.6 Å². The summed E-state index contributed by atoms with van der Waals surface area (Å²) in [6.45, 7) is 0. The van der Waals surface area contributed by atoms with E-state index < -0.39 is 17.4 Å². The molecule has 0 amide bonds. The van der Waals surface area contributed by atoms with E-state index in [1.807, 2.05) is 12.1 Å². The zero-order chi connectivity index (χ0) is 14.8. The summed E-state index contributed by atoms with van der Waals surface area (Å²) in [5.41, 5.74) is 0.00740. The number of fused-ring (bicyclic) bond motifs is 1. The first-order valence-electron chi connectivity index (χ1n) is 6.46. The van der Waals surface area contributed by atoms with Crippen LogP contribution >= 0.6 is 0 Å². The zero-order valence-corrected chi connectivity index (χ0v) is 11.0. The quantitative estimate of drug-likeness (QED) is 0.681. The third kappa shape index (κ3) is 2.52. The lowest BCUT2D eigenvalue weighted by molar-refractivity contribution is 0.0987. The minimum atomic E-state index is -0.719. The highest BCUT2D eigenvalue weighted by Crippen LogP contribution is 2.20. The molecule has 0 fully saturated rings. The summed E-state index contributed by atoms with van der Waals surface area (Å²) < 4.78 is 27.3. The Labute approximate surface area is 120 Å². The molecule has 0 bridgehead atoms. The van der Waals surface area contributed by atoms with Gasteiger partial charge in [0, 0.05) is 23.6 Å². The van der Waals surface area contributed by atoms with Crippen molar-refractivity contribution in [3.05, 3.63) is 77.6 Å². The maximum absolute atomic E-state index is 13.6. The average molecular weight is 283 g/mol. The normalized spacial score (nSPS) is 10.8. The molecule has 2 aromatic carbocycles. The fraction of sp³-hybridized carbons (Fsp3) is 0.0588. The minimum Gasteiger partial charge on any atom is -0.292 e. The van der Waals surface area contributed by atoms with Gasteiger partial charge < -0.3 is 0 Å². The van der Waals surface area contributed by atoms with Crippen LogP contribution in [0.2, 0.25) is 0 Å². The Balaban J connectivity index is 2.02. The molecule has 0 radical (unpaired) electrons. The SMILES string of the molecule is O=C(Cc1c(F)cccc1F)c1nccc2ccccc12. The van der Waals surface area contributed by atoms with Crippen LogP contribution in [0.5, 0.6) is 0 Å². The summed E-state index contributed by atoms with van der Waals surface area (Å²) in [6.07, 6.45) is 1.17. The van der Waals surface area contributed by atoms with E-state index in [1.54, 1.807) is 18.2 Å². The van der Waals surface area contributed by atoms with Crippen molar-refractivity contribution in [1.82, 2.24) is 4.98 Å². The van der Waals surface area contributed by atoms with Crippen LogP contribution < -0.4 is 0 Å². The predicted octanol–water partition coefficient (Wildman–Crippen LogP) is 3.94. The molecule has 3 aromatic rings. The van der Waals surface area contributed by atoms with Crippen LogP contribution in [0.3, 0.4) is 0 Å². The third-order valence-corrected chi connectivity index (χ3v) is 3.34. The Bertz CT molecular complexity index is 804. The van der Waals surface area contributed by atoms with E-state index in [1.165, 1.54) is 12.3 Å². The van der Waals surface area contributed by atoms with Crippen molar-refractivity contribution in [2.75, 3.05) is 0 Å². The molecule has 21 heavy (non-hydrogen) atoms. The molecule has 0 atom stereocenters. The summed E-state index contributed by atoms with van der Waals surface area (Å²) in [7, 11) is 0. The maximum atomic E-state index is 13.6. The molecule has 2 nitrogen and oxygen atoms in total. The smallest absolute Gasteiger partial charge is 0.186 e. The Morgan fingerprint density at radius 3 is 2.43 bits per heavy atom. The van der Waals surface area contributed by atoms with Gasteiger partial charge in [-0.3, -0.25) is 9.78 Å². The van der Waals surface area contributed by atoms with Gasteiger partial charge in [0.15, 0.2) is 5.78 Å². The van der Waals surface area contributed by atoms with Gasteiger partial charge in [-0.2, -0.15) is 0 Å². The van der Waals surface area contributed by atoms with Gasteiger partial charge in [-0.15, -0.1) is 0 Å². The standard InChI is InChI=1S/C17H11F2NO/c18-14-6-3-7-15(19)13(14)10-16(21)17-12-5-2-1-4-11(12)8-9-20-17/h1-9H,10H2. The number of carbonyl (C=O) groups excluding carboxylic acids is 1. The topological polar surface area (TPSA) is 30.0 Å². The molecule has 1 heterocycles. The van der Waals surface area contributed by atoms with Gasteiger partial charge in [0.1, 0.15) is 17.3 Å². The van der Waals surface area contributed by atoms with Gasteiger partial charge in [0.25, 0.3) is 0 Å². The van der Waals surface area contributed by atoms with E-state index >= 15 is 0 Å². The van der Waals surface area contributed by atoms with E-state index in [9.17, 15) is 13.6 Å². The fourth-order valence-corrected chi connectivity index (χ4v) is 2.29. The van der Waals surface area contributed by atoms with Crippen LogP contribution in [0.4, 0.5) is 8.78 Å². The molecule has 3 rings (SSSR count). The number of aromatic nitrogens is 1. The number of Topliss-reactive ketones (excluding diaryl/α,β-unsaturated/α-hetero) is 1. The zero-order valence-electron chi connectivity index (χ0n) is 11.0. The van der Waals surface area contributed by atoms with Crippen LogP contribution in [-0.4, -0.2) is 10.8 Å². The van der Waals surface area contributed by atoms with Gasteiger partial charge in [-0.25, -0.2) is 8.78 Å². The van der Waals surface area contributed by atoms with Crippen LogP contribution in [0.15, 0.2) is 54.7 Å². The second-order valence-electron chi connectivity index (χ2n) is 4.68. The molecule has 0 saturated heterocycles. The van der Waals surface area contributed by atoms with Crippen molar-refractivity contribution in [2.24, 2.45) is 0 Å². The predicted molar refractivity (Wildman–Crippen MR) is 76.1 cm³/mol.